The van der Waals surface area contributed by atoms with E-state index in [1.807, 2.05) is 12.1 Å². The van der Waals surface area contributed by atoms with E-state index in [-0.39, 0.29) is 17.9 Å². The number of thiophene rings is 1. The number of benzene rings is 1. The highest BCUT2D eigenvalue weighted by molar-refractivity contribution is 7.18. The molecular formula is C24H28ClN3O4S. The van der Waals surface area contributed by atoms with Crippen LogP contribution in [-0.2, 0) is 14.9 Å². The van der Waals surface area contributed by atoms with Crippen LogP contribution in [0.4, 0.5) is 0 Å². The fourth-order valence-electron chi connectivity index (χ4n) is 4.33. The molecule has 1 atom stereocenters. The summed E-state index contributed by atoms with van der Waals surface area (Å²) in [5, 5.41) is 5.32. The Morgan fingerprint density at radius 2 is 1.79 bits per heavy atom. The highest BCUT2D eigenvalue weighted by atomic mass is 35.5. The van der Waals surface area contributed by atoms with E-state index < -0.39 is 17.9 Å². The second-order valence-corrected chi connectivity index (χ2v) is 10.4. The Morgan fingerprint density at radius 1 is 1.09 bits per heavy atom. The molecule has 1 aromatic carbocycles. The molecule has 1 aromatic heterocycles. The number of carbonyl (C=O) groups is 3. The van der Waals surface area contributed by atoms with Gasteiger partial charge in [0.1, 0.15) is 6.04 Å². The molecule has 0 bridgehead atoms. The van der Waals surface area contributed by atoms with Crippen molar-refractivity contribution in [2.24, 2.45) is 0 Å². The van der Waals surface area contributed by atoms with Gasteiger partial charge in [0, 0.05) is 24.1 Å². The maximum Gasteiger partial charge on any atom is 0.330 e. The number of nitrogens with zero attached hydrogens (tertiary/aromatic N) is 1. The second-order valence-electron chi connectivity index (χ2n) is 8.70. The zero-order valence-corrected chi connectivity index (χ0v) is 20.1. The van der Waals surface area contributed by atoms with Crippen LogP contribution in [0.1, 0.15) is 51.3 Å². The van der Waals surface area contributed by atoms with Gasteiger partial charge in [-0.25, -0.2) is 4.79 Å². The monoisotopic (exact) mass is 489 g/mol. The van der Waals surface area contributed by atoms with E-state index >= 15 is 0 Å². The lowest BCUT2D eigenvalue weighted by molar-refractivity contribution is -0.142. The maximum atomic E-state index is 12.8. The van der Waals surface area contributed by atoms with Gasteiger partial charge in [-0.2, -0.15) is 0 Å². The van der Waals surface area contributed by atoms with Gasteiger partial charge in [0.25, 0.3) is 11.8 Å². The summed E-state index contributed by atoms with van der Waals surface area (Å²) < 4.78 is 5.29. The Balaban J connectivity index is 1.36. The number of esters is 1. The zero-order valence-electron chi connectivity index (χ0n) is 18.6. The third-order valence-corrected chi connectivity index (χ3v) is 7.62. The Bertz CT molecular complexity index is 1010. The summed E-state index contributed by atoms with van der Waals surface area (Å²) >= 11 is 7.00. The van der Waals surface area contributed by atoms with Crippen molar-refractivity contribution >= 4 is 40.7 Å². The molecule has 1 aliphatic carbocycles. The van der Waals surface area contributed by atoms with Crippen LogP contribution >= 0.6 is 22.9 Å². The Labute approximate surface area is 202 Å². The summed E-state index contributed by atoms with van der Waals surface area (Å²) in [6, 6.07) is 9.87. The number of carbonyl (C=O) groups excluding carboxylic acids is 3. The first-order valence-corrected chi connectivity index (χ1v) is 12.3. The molecule has 4 rings (SSSR count). The average molecular weight is 490 g/mol. The lowest BCUT2D eigenvalue weighted by Crippen LogP contribution is -2.48. The lowest BCUT2D eigenvalue weighted by Gasteiger charge is -2.23. The van der Waals surface area contributed by atoms with Crippen molar-refractivity contribution in [1.82, 2.24) is 15.5 Å². The van der Waals surface area contributed by atoms with E-state index in [0.29, 0.717) is 14.8 Å². The van der Waals surface area contributed by atoms with Gasteiger partial charge in [-0.15, -0.1) is 11.3 Å². The van der Waals surface area contributed by atoms with Crippen LogP contribution in [0.15, 0.2) is 36.4 Å². The van der Waals surface area contributed by atoms with Crippen LogP contribution < -0.4 is 10.6 Å². The van der Waals surface area contributed by atoms with Crippen molar-refractivity contribution in [1.29, 1.82) is 0 Å². The molecule has 2 N–H and O–H groups in total. The SMILES string of the molecule is COC(=O)C(CNC(=O)c1ccc(Cl)s1)NC(=O)c1ccc(C2(CN3CCCC3)CC2)cc1. The molecule has 1 saturated carbocycles. The third-order valence-electron chi connectivity index (χ3n) is 6.39. The van der Waals surface area contributed by atoms with Crippen LogP contribution in [-0.4, -0.2) is 62.0 Å². The number of hydrogen-bond donors (Lipinski definition) is 2. The first-order chi connectivity index (χ1) is 15.9. The molecular weight excluding hydrogens is 462 g/mol. The average Bonchev–Trinajstić information content (AvgIpc) is 3.18. The van der Waals surface area contributed by atoms with E-state index in [4.69, 9.17) is 16.3 Å². The van der Waals surface area contributed by atoms with Gasteiger partial charge in [-0.1, -0.05) is 23.7 Å². The fourth-order valence-corrected chi connectivity index (χ4v) is 5.29. The molecule has 0 radical (unpaired) electrons. The molecule has 1 aliphatic heterocycles. The molecule has 2 heterocycles. The van der Waals surface area contributed by atoms with Crippen LogP contribution in [0.3, 0.4) is 0 Å². The number of likely N-dealkylation sites (tertiary alicyclic amines) is 1. The number of rotatable bonds is 9. The Hall–Kier alpha value is -2.42. The van der Waals surface area contributed by atoms with Crippen molar-refractivity contribution in [2.75, 3.05) is 33.3 Å². The van der Waals surface area contributed by atoms with E-state index in [1.54, 1.807) is 24.3 Å². The van der Waals surface area contributed by atoms with E-state index in [1.165, 1.54) is 51.4 Å². The van der Waals surface area contributed by atoms with E-state index in [2.05, 4.69) is 15.5 Å². The van der Waals surface area contributed by atoms with Gasteiger partial charge in [-0.05, 0) is 68.6 Å². The van der Waals surface area contributed by atoms with Crippen molar-refractivity contribution in [3.05, 3.63) is 56.7 Å². The zero-order chi connectivity index (χ0) is 23.4. The van der Waals surface area contributed by atoms with E-state index in [9.17, 15) is 14.4 Å². The molecule has 1 saturated heterocycles. The van der Waals surface area contributed by atoms with Crippen molar-refractivity contribution in [2.45, 2.75) is 37.1 Å². The number of methoxy groups -OCH3 is 1. The van der Waals surface area contributed by atoms with Gasteiger partial charge in [-0.3, -0.25) is 9.59 Å². The minimum Gasteiger partial charge on any atom is -0.467 e. The number of halogens is 1. The molecule has 7 nitrogen and oxygen atoms in total. The molecule has 1 unspecified atom stereocenters. The standard InChI is InChI=1S/C24H28ClN3O4S/c1-32-23(31)18(14-26-22(30)19-8-9-20(25)33-19)27-21(29)16-4-6-17(7-5-16)24(10-11-24)15-28-12-2-3-13-28/h4-9,18H,2-3,10-15H2,1H3,(H,26,30)(H,27,29). The molecule has 0 spiro atoms. The molecule has 2 aromatic rings. The second kappa shape index (κ2) is 10.2. The Kier molecular flexibility index (Phi) is 7.36. The Morgan fingerprint density at radius 3 is 2.36 bits per heavy atom. The molecule has 33 heavy (non-hydrogen) atoms. The summed E-state index contributed by atoms with van der Waals surface area (Å²) in [6.45, 7) is 3.34. The number of hydrogen-bond acceptors (Lipinski definition) is 6. The van der Waals surface area contributed by atoms with Gasteiger partial charge < -0.3 is 20.3 Å². The molecule has 2 amide bonds. The predicted molar refractivity (Wildman–Crippen MR) is 128 cm³/mol. The first-order valence-electron chi connectivity index (χ1n) is 11.2. The summed E-state index contributed by atoms with van der Waals surface area (Å²) in [5.74, 6) is -1.39. The molecule has 9 heteroatoms. The van der Waals surface area contributed by atoms with Crippen LogP contribution in [0.5, 0.6) is 0 Å². The largest absolute Gasteiger partial charge is 0.467 e. The minimum absolute atomic E-state index is 0.0935. The molecule has 176 valence electrons. The van der Waals surface area contributed by atoms with Crippen LogP contribution in [0.25, 0.3) is 0 Å². The highest BCUT2D eigenvalue weighted by Crippen LogP contribution is 2.49. The van der Waals surface area contributed by atoms with E-state index in [0.717, 1.165) is 17.9 Å². The lowest BCUT2D eigenvalue weighted by atomic mass is 9.94. The van der Waals surface area contributed by atoms with Crippen molar-refractivity contribution < 1.29 is 19.1 Å². The van der Waals surface area contributed by atoms with Crippen molar-refractivity contribution in [3.8, 4) is 0 Å². The fraction of sp³-hybridized carbons (Fsp3) is 0.458. The van der Waals surface area contributed by atoms with Crippen molar-refractivity contribution in [3.63, 3.8) is 0 Å². The van der Waals surface area contributed by atoms with Gasteiger partial charge >= 0.3 is 5.97 Å². The van der Waals surface area contributed by atoms with Gasteiger partial charge in [0.05, 0.1) is 16.3 Å². The van der Waals surface area contributed by atoms with Gasteiger partial charge in [0.15, 0.2) is 0 Å². The highest BCUT2D eigenvalue weighted by Gasteiger charge is 2.45. The quantitative estimate of drug-likeness (QED) is 0.528. The van der Waals surface area contributed by atoms with Crippen LogP contribution in [0, 0.1) is 0 Å². The minimum atomic E-state index is -1.01. The number of nitrogens with one attached hydrogen (secondary N) is 2. The summed E-state index contributed by atoms with van der Waals surface area (Å²) in [7, 11) is 1.24. The first kappa shape index (κ1) is 23.7. The maximum absolute atomic E-state index is 12.8. The summed E-state index contributed by atoms with van der Waals surface area (Å²) in [4.78, 5) is 40.2. The molecule has 2 aliphatic rings. The number of ether oxygens (including phenoxy) is 1. The molecule has 2 fully saturated rings. The third kappa shape index (κ3) is 5.75. The summed E-state index contributed by atoms with van der Waals surface area (Å²) in [5.41, 5.74) is 1.93. The summed E-state index contributed by atoms with van der Waals surface area (Å²) in [6.07, 6.45) is 4.90. The normalized spacial score (nSPS) is 17.9. The van der Waals surface area contributed by atoms with Gasteiger partial charge in [0.2, 0.25) is 0 Å². The van der Waals surface area contributed by atoms with Crippen LogP contribution in [0.2, 0.25) is 4.34 Å². The topological polar surface area (TPSA) is 87.7 Å². The smallest absolute Gasteiger partial charge is 0.330 e. The predicted octanol–water partition coefficient (Wildman–Crippen LogP) is 3.23. The number of amides is 2.